The second kappa shape index (κ2) is 4.40. The van der Waals surface area contributed by atoms with Gasteiger partial charge in [-0.1, -0.05) is 0 Å². The molecule has 4 aliphatic carbocycles. The molecule has 2 unspecified atom stereocenters. The summed E-state index contributed by atoms with van der Waals surface area (Å²) in [5.41, 5.74) is -0.754. The van der Waals surface area contributed by atoms with Gasteiger partial charge >= 0.3 is 5.97 Å². The molecular weight excluding hydrogens is 254 g/mol. The number of rotatable bonds is 4. The lowest BCUT2D eigenvalue weighted by molar-refractivity contribution is -0.187. The summed E-state index contributed by atoms with van der Waals surface area (Å²) in [6, 6.07) is 0. The van der Waals surface area contributed by atoms with Crippen LogP contribution >= 0.6 is 0 Å². The molecule has 4 rings (SSSR count). The number of carbonyl (C=O) groups excluding carboxylic acids is 1. The Morgan fingerprint density at radius 2 is 1.89 bits per heavy atom. The molecule has 5 heteroatoms. The quantitative estimate of drug-likeness (QED) is 0.801. The van der Waals surface area contributed by atoms with Crippen molar-refractivity contribution < 1.29 is 23.4 Å². The third-order valence-electron chi connectivity index (χ3n) is 5.29. The molecule has 0 amide bonds. The van der Waals surface area contributed by atoms with Gasteiger partial charge in [-0.3, -0.25) is 4.79 Å². The molecule has 0 saturated heterocycles. The number of esters is 1. The molecule has 0 spiro atoms. The van der Waals surface area contributed by atoms with Crippen molar-refractivity contribution in [2.75, 3.05) is 13.2 Å². The van der Waals surface area contributed by atoms with Crippen LogP contribution in [0.4, 0.5) is 8.78 Å². The van der Waals surface area contributed by atoms with E-state index in [0.29, 0.717) is 18.3 Å². The normalized spacial score (nSPS) is 43.8. The minimum Gasteiger partial charge on any atom is -0.459 e. The monoisotopic (exact) mass is 274 g/mol. The van der Waals surface area contributed by atoms with Gasteiger partial charge in [0.15, 0.2) is 6.61 Å². The number of aliphatic hydroxyl groups excluding tert-OH is 1. The van der Waals surface area contributed by atoms with Crippen molar-refractivity contribution in [1.29, 1.82) is 0 Å². The van der Waals surface area contributed by atoms with Crippen LogP contribution in [-0.4, -0.2) is 30.7 Å². The lowest BCUT2D eigenvalue weighted by Crippen LogP contribution is -2.56. The first-order valence-electron chi connectivity index (χ1n) is 7.03. The first-order valence-corrected chi connectivity index (χ1v) is 7.03. The molecule has 1 N–H and O–H groups in total. The molecule has 108 valence electrons. The molecule has 4 saturated carbocycles. The molecule has 4 fully saturated rings. The largest absolute Gasteiger partial charge is 0.459 e. The summed E-state index contributed by atoms with van der Waals surface area (Å²) in [4.78, 5) is 12.2. The summed E-state index contributed by atoms with van der Waals surface area (Å²) in [7, 11) is 0. The second-order valence-electron chi connectivity index (χ2n) is 6.89. The van der Waals surface area contributed by atoms with Gasteiger partial charge in [-0.2, -0.15) is 0 Å². The number of halogens is 2. The van der Waals surface area contributed by atoms with Gasteiger partial charge in [0.2, 0.25) is 0 Å². The van der Waals surface area contributed by atoms with E-state index in [-0.39, 0.29) is 12.0 Å². The van der Waals surface area contributed by atoms with Gasteiger partial charge < -0.3 is 9.84 Å². The maximum Gasteiger partial charge on any atom is 0.312 e. The van der Waals surface area contributed by atoms with E-state index < -0.39 is 24.4 Å². The Morgan fingerprint density at radius 3 is 2.42 bits per heavy atom. The van der Waals surface area contributed by atoms with E-state index in [1.807, 2.05) is 0 Å². The standard InChI is InChI=1S/C14H20F2O3/c15-11(16)6-19-12(18)14-4-9-1-10(5-14)3-13(2-9,7-14)8-17/h9-11,17H,1-8H2. The van der Waals surface area contributed by atoms with E-state index in [4.69, 9.17) is 4.74 Å². The van der Waals surface area contributed by atoms with Crippen LogP contribution in [0.2, 0.25) is 0 Å². The van der Waals surface area contributed by atoms with Crippen molar-refractivity contribution >= 4 is 5.97 Å². The van der Waals surface area contributed by atoms with Crippen molar-refractivity contribution in [3.63, 3.8) is 0 Å². The summed E-state index contributed by atoms with van der Waals surface area (Å²) < 4.78 is 29.2. The van der Waals surface area contributed by atoms with Crippen LogP contribution < -0.4 is 0 Å². The van der Waals surface area contributed by atoms with Crippen LogP contribution in [0.3, 0.4) is 0 Å². The van der Waals surface area contributed by atoms with Crippen molar-refractivity contribution in [3.8, 4) is 0 Å². The zero-order valence-corrected chi connectivity index (χ0v) is 10.9. The Hall–Kier alpha value is -0.710. The summed E-state index contributed by atoms with van der Waals surface area (Å²) >= 11 is 0. The van der Waals surface area contributed by atoms with E-state index in [9.17, 15) is 18.7 Å². The number of aliphatic hydroxyl groups is 1. The molecule has 3 nitrogen and oxygen atoms in total. The van der Waals surface area contributed by atoms with Gasteiger partial charge in [0.05, 0.1) is 5.41 Å². The van der Waals surface area contributed by atoms with E-state index >= 15 is 0 Å². The Balaban J connectivity index is 1.78. The van der Waals surface area contributed by atoms with Crippen LogP contribution in [0.5, 0.6) is 0 Å². The maximum absolute atomic E-state index is 12.2. The Kier molecular flexibility index (Phi) is 3.08. The zero-order valence-electron chi connectivity index (χ0n) is 10.9. The predicted molar refractivity (Wildman–Crippen MR) is 63.6 cm³/mol. The summed E-state index contributed by atoms with van der Waals surface area (Å²) in [6.45, 7) is -0.702. The minimum atomic E-state index is -2.61. The fourth-order valence-corrected chi connectivity index (χ4v) is 5.17. The van der Waals surface area contributed by atoms with Gasteiger partial charge in [-0.25, -0.2) is 8.78 Å². The average Bonchev–Trinajstić information content (AvgIpc) is 2.34. The first kappa shape index (κ1) is 13.3. The highest BCUT2D eigenvalue weighted by atomic mass is 19.3. The van der Waals surface area contributed by atoms with Crippen LogP contribution in [0.15, 0.2) is 0 Å². The van der Waals surface area contributed by atoms with Crippen LogP contribution in [0.1, 0.15) is 38.5 Å². The SMILES string of the molecule is O=C(OCC(F)F)C12CC3CC(CC(CO)(C3)C1)C2. The Morgan fingerprint density at radius 1 is 1.26 bits per heavy atom. The molecule has 0 aliphatic heterocycles. The molecule has 19 heavy (non-hydrogen) atoms. The summed E-state index contributed by atoms with van der Waals surface area (Å²) in [5, 5.41) is 9.67. The maximum atomic E-state index is 12.2. The lowest BCUT2D eigenvalue weighted by Gasteiger charge is -2.60. The van der Waals surface area contributed by atoms with Crippen LogP contribution in [-0.2, 0) is 9.53 Å². The van der Waals surface area contributed by atoms with Crippen molar-refractivity contribution in [3.05, 3.63) is 0 Å². The molecule has 0 aromatic rings. The first-order chi connectivity index (χ1) is 8.97. The highest BCUT2D eigenvalue weighted by Crippen LogP contribution is 2.65. The average molecular weight is 274 g/mol. The molecule has 0 radical (unpaired) electrons. The van der Waals surface area contributed by atoms with E-state index in [2.05, 4.69) is 0 Å². The van der Waals surface area contributed by atoms with E-state index in [1.165, 1.54) is 0 Å². The fourth-order valence-electron chi connectivity index (χ4n) is 5.17. The van der Waals surface area contributed by atoms with E-state index in [1.54, 1.807) is 0 Å². The fraction of sp³-hybridized carbons (Fsp3) is 0.929. The molecule has 4 bridgehead atoms. The molecular formula is C14H20F2O3. The second-order valence-corrected chi connectivity index (χ2v) is 6.89. The summed E-state index contributed by atoms with van der Waals surface area (Å²) in [5.74, 6) is 0.444. The van der Waals surface area contributed by atoms with Crippen LogP contribution in [0, 0.1) is 22.7 Å². The number of hydrogen-bond donors (Lipinski definition) is 1. The molecule has 0 heterocycles. The highest BCUT2D eigenvalue weighted by Gasteiger charge is 2.61. The number of hydrogen-bond acceptors (Lipinski definition) is 3. The molecule has 4 aliphatic rings. The van der Waals surface area contributed by atoms with Gasteiger partial charge in [-0.15, -0.1) is 0 Å². The van der Waals surface area contributed by atoms with Gasteiger partial charge in [-0.05, 0) is 55.8 Å². The predicted octanol–water partition coefficient (Wildman–Crippen LogP) is 2.37. The zero-order chi connectivity index (χ0) is 13.7. The minimum absolute atomic E-state index is 0.101. The Labute approximate surface area is 111 Å². The van der Waals surface area contributed by atoms with Crippen molar-refractivity contribution in [2.24, 2.45) is 22.7 Å². The molecule has 2 atom stereocenters. The molecule has 0 aromatic heterocycles. The third kappa shape index (κ3) is 2.16. The highest BCUT2D eigenvalue weighted by molar-refractivity contribution is 5.77. The van der Waals surface area contributed by atoms with Crippen molar-refractivity contribution in [2.45, 2.75) is 45.0 Å². The van der Waals surface area contributed by atoms with Gasteiger partial charge in [0, 0.05) is 6.61 Å². The van der Waals surface area contributed by atoms with Gasteiger partial charge in [0.25, 0.3) is 6.43 Å². The summed E-state index contributed by atoms with van der Waals surface area (Å²) in [6.07, 6.45) is 2.59. The number of ether oxygens (including phenoxy) is 1. The van der Waals surface area contributed by atoms with Crippen molar-refractivity contribution in [1.82, 2.24) is 0 Å². The lowest BCUT2D eigenvalue weighted by atomic mass is 9.44. The Bertz CT molecular complexity index is 369. The number of carbonyl (C=O) groups is 1. The van der Waals surface area contributed by atoms with Crippen LogP contribution in [0.25, 0.3) is 0 Å². The number of alkyl halides is 2. The molecule has 0 aromatic carbocycles. The smallest absolute Gasteiger partial charge is 0.312 e. The topological polar surface area (TPSA) is 46.5 Å². The van der Waals surface area contributed by atoms with E-state index in [0.717, 1.165) is 32.1 Å². The van der Waals surface area contributed by atoms with Gasteiger partial charge in [0.1, 0.15) is 0 Å². The third-order valence-corrected chi connectivity index (χ3v) is 5.29.